The third kappa shape index (κ3) is 1.57. The summed E-state index contributed by atoms with van der Waals surface area (Å²) >= 11 is 1.32. The first kappa shape index (κ1) is 6.79. The second kappa shape index (κ2) is 2.62. The van der Waals surface area contributed by atoms with E-state index in [1.807, 2.05) is 0 Å². The van der Waals surface area contributed by atoms with E-state index in [2.05, 4.69) is 15.8 Å². The summed E-state index contributed by atoms with van der Waals surface area (Å²) in [5.41, 5.74) is 3.12. The molecule has 4 heteroatoms. The first-order valence-electron chi connectivity index (χ1n) is 3.49. The third-order valence-corrected chi connectivity index (χ3v) is 2.07. The molecule has 3 nitrogen and oxygen atoms in total. The molecule has 0 bridgehead atoms. The fourth-order valence-electron chi connectivity index (χ4n) is 0.775. The van der Waals surface area contributed by atoms with Crippen molar-refractivity contribution < 1.29 is 4.79 Å². The highest BCUT2D eigenvalue weighted by molar-refractivity contribution is 7.07. The number of aromatic nitrogens is 1. The van der Waals surface area contributed by atoms with Gasteiger partial charge in [-0.2, -0.15) is 0 Å². The normalized spacial score (nSPS) is 16.4. The van der Waals surface area contributed by atoms with Crippen molar-refractivity contribution >= 4 is 17.2 Å². The van der Waals surface area contributed by atoms with E-state index in [0.29, 0.717) is 11.7 Å². The van der Waals surface area contributed by atoms with Crippen LogP contribution in [0, 0.1) is 5.51 Å². The Morgan fingerprint density at radius 3 is 3.18 bits per heavy atom. The molecular formula is C7H7N2OS. The van der Waals surface area contributed by atoms with E-state index in [-0.39, 0.29) is 5.91 Å². The highest BCUT2D eigenvalue weighted by Gasteiger charge is 2.24. The molecule has 1 radical (unpaired) electrons. The van der Waals surface area contributed by atoms with Crippen molar-refractivity contribution in [3.05, 3.63) is 16.6 Å². The molecule has 0 atom stereocenters. The van der Waals surface area contributed by atoms with E-state index >= 15 is 0 Å². The zero-order valence-corrected chi connectivity index (χ0v) is 6.65. The maximum absolute atomic E-state index is 11.2. The fourth-order valence-corrected chi connectivity index (χ4v) is 1.25. The molecule has 1 saturated carbocycles. The predicted octanol–water partition coefficient (Wildman–Crippen LogP) is 0.835. The molecule has 0 aromatic carbocycles. The lowest BCUT2D eigenvalue weighted by atomic mass is 10.4. The van der Waals surface area contributed by atoms with Crippen LogP contribution in [0.4, 0.5) is 0 Å². The number of thiazole rings is 1. The van der Waals surface area contributed by atoms with Crippen LogP contribution in [0.25, 0.3) is 0 Å². The number of carbonyl (C=O) groups is 1. The van der Waals surface area contributed by atoms with Gasteiger partial charge in [0.05, 0.1) is 0 Å². The van der Waals surface area contributed by atoms with Crippen LogP contribution in [0.1, 0.15) is 23.3 Å². The van der Waals surface area contributed by atoms with Crippen LogP contribution in [0.2, 0.25) is 0 Å². The molecule has 1 amide bonds. The van der Waals surface area contributed by atoms with E-state index in [4.69, 9.17) is 0 Å². The van der Waals surface area contributed by atoms with Crippen LogP contribution in [-0.2, 0) is 0 Å². The molecule has 0 unspecified atom stereocenters. The van der Waals surface area contributed by atoms with Gasteiger partial charge in [0.25, 0.3) is 5.91 Å². The lowest BCUT2D eigenvalue weighted by Crippen LogP contribution is -2.25. The maximum atomic E-state index is 11.2. The van der Waals surface area contributed by atoms with Gasteiger partial charge in [0, 0.05) is 11.4 Å². The smallest absolute Gasteiger partial charge is 0.270 e. The van der Waals surface area contributed by atoms with Crippen LogP contribution in [-0.4, -0.2) is 16.9 Å². The second-order valence-electron chi connectivity index (χ2n) is 2.57. The second-order valence-corrected chi connectivity index (χ2v) is 3.23. The number of amides is 1. The Labute approximate surface area is 68.5 Å². The van der Waals surface area contributed by atoms with Crippen LogP contribution in [0.3, 0.4) is 0 Å². The number of hydrogen-bond acceptors (Lipinski definition) is 3. The summed E-state index contributed by atoms with van der Waals surface area (Å²) < 4.78 is 0. The average molecular weight is 167 g/mol. The fraction of sp³-hybridized carbons (Fsp3) is 0.429. The molecule has 1 N–H and O–H groups in total. The van der Waals surface area contributed by atoms with Crippen LogP contribution >= 0.6 is 11.3 Å². The van der Waals surface area contributed by atoms with Gasteiger partial charge in [-0.15, -0.1) is 11.3 Å². The number of nitrogens with one attached hydrogen (secondary N) is 1. The number of nitrogens with zero attached hydrogens (tertiary/aromatic N) is 1. The largest absolute Gasteiger partial charge is 0.348 e. The van der Waals surface area contributed by atoms with Gasteiger partial charge in [0.15, 0.2) is 5.51 Å². The van der Waals surface area contributed by atoms with E-state index in [0.717, 1.165) is 12.8 Å². The van der Waals surface area contributed by atoms with Crippen molar-refractivity contribution in [3.8, 4) is 0 Å². The molecule has 0 aliphatic heterocycles. The van der Waals surface area contributed by atoms with E-state index in [9.17, 15) is 4.79 Å². The first-order valence-corrected chi connectivity index (χ1v) is 4.36. The standard InChI is InChI=1S/C7H7N2OS/c10-7(9-5-1-2-5)6-3-11-4-8-6/h3,5H,1-2H2,(H,9,10). The lowest BCUT2D eigenvalue weighted by Gasteiger charge is -1.97. The average Bonchev–Trinajstić information content (AvgIpc) is 2.67. The van der Waals surface area contributed by atoms with Crippen molar-refractivity contribution in [2.75, 3.05) is 0 Å². The van der Waals surface area contributed by atoms with Crippen molar-refractivity contribution in [3.63, 3.8) is 0 Å². The summed E-state index contributed by atoms with van der Waals surface area (Å²) in [6.45, 7) is 0. The minimum Gasteiger partial charge on any atom is -0.348 e. The summed E-state index contributed by atoms with van der Waals surface area (Å²) in [4.78, 5) is 14.9. The summed E-state index contributed by atoms with van der Waals surface area (Å²) in [6.07, 6.45) is 2.22. The van der Waals surface area contributed by atoms with Gasteiger partial charge in [0.1, 0.15) is 5.69 Å². The molecule has 1 aromatic heterocycles. The van der Waals surface area contributed by atoms with Crippen LogP contribution < -0.4 is 5.32 Å². The Morgan fingerprint density at radius 1 is 1.82 bits per heavy atom. The molecule has 1 heterocycles. The highest BCUT2D eigenvalue weighted by atomic mass is 32.1. The van der Waals surface area contributed by atoms with Gasteiger partial charge < -0.3 is 5.32 Å². The Balaban J connectivity index is 1.99. The number of carbonyl (C=O) groups excluding carboxylic acids is 1. The van der Waals surface area contributed by atoms with Crippen molar-refractivity contribution in [1.82, 2.24) is 10.3 Å². The number of hydrogen-bond donors (Lipinski definition) is 1. The number of rotatable bonds is 2. The van der Waals surface area contributed by atoms with Crippen molar-refractivity contribution in [1.29, 1.82) is 0 Å². The van der Waals surface area contributed by atoms with Gasteiger partial charge in [-0.1, -0.05) is 0 Å². The molecule has 0 saturated heterocycles. The molecule has 0 spiro atoms. The quantitative estimate of drug-likeness (QED) is 0.709. The first-order chi connectivity index (χ1) is 5.36. The topological polar surface area (TPSA) is 42.0 Å². The minimum atomic E-state index is -0.0648. The van der Waals surface area contributed by atoms with E-state index < -0.39 is 0 Å². The zero-order chi connectivity index (χ0) is 7.68. The molecule has 1 aliphatic carbocycles. The third-order valence-electron chi connectivity index (χ3n) is 1.53. The maximum Gasteiger partial charge on any atom is 0.270 e. The Kier molecular flexibility index (Phi) is 1.62. The van der Waals surface area contributed by atoms with Crippen molar-refractivity contribution in [2.45, 2.75) is 18.9 Å². The summed E-state index contributed by atoms with van der Waals surface area (Å²) in [6, 6.07) is 0.407. The molecular weight excluding hydrogens is 160 g/mol. The van der Waals surface area contributed by atoms with Gasteiger partial charge >= 0.3 is 0 Å². The summed E-state index contributed by atoms with van der Waals surface area (Å²) in [7, 11) is 0. The van der Waals surface area contributed by atoms with E-state index in [1.54, 1.807) is 5.38 Å². The summed E-state index contributed by atoms with van der Waals surface area (Å²) in [5.74, 6) is -0.0648. The lowest BCUT2D eigenvalue weighted by molar-refractivity contribution is 0.0947. The Hall–Kier alpha value is -0.900. The Bertz CT molecular complexity index is 253. The SMILES string of the molecule is O=C(NC1CC1)c1cs[c]n1. The minimum absolute atomic E-state index is 0.0648. The summed E-state index contributed by atoms with van der Waals surface area (Å²) in [5, 5.41) is 4.55. The van der Waals surface area contributed by atoms with Gasteiger partial charge in [-0.25, -0.2) is 4.98 Å². The zero-order valence-electron chi connectivity index (χ0n) is 5.83. The molecule has 1 fully saturated rings. The monoisotopic (exact) mass is 167 g/mol. The van der Waals surface area contributed by atoms with Gasteiger partial charge in [-0.05, 0) is 12.8 Å². The Morgan fingerprint density at radius 2 is 2.64 bits per heavy atom. The van der Waals surface area contributed by atoms with Crippen molar-refractivity contribution in [2.24, 2.45) is 0 Å². The van der Waals surface area contributed by atoms with Gasteiger partial charge in [0.2, 0.25) is 0 Å². The molecule has 1 aliphatic rings. The molecule has 1 aromatic rings. The van der Waals surface area contributed by atoms with Crippen LogP contribution in [0.5, 0.6) is 0 Å². The highest BCUT2D eigenvalue weighted by Crippen LogP contribution is 2.19. The predicted molar refractivity (Wildman–Crippen MR) is 41.4 cm³/mol. The molecule has 57 valence electrons. The van der Waals surface area contributed by atoms with Crippen LogP contribution in [0.15, 0.2) is 5.38 Å². The molecule has 2 rings (SSSR count). The van der Waals surface area contributed by atoms with E-state index in [1.165, 1.54) is 11.3 Å². The van der Waals surface area contributed by atoms with Gasteiger partial charge in [-0.3, -0.25) is 4.79 Å². The molecule has 11 heavy (non-hydrogen) atoms.